The first-order valence-electron chi connectivity index (χ1n) is 9.07. The molecule has 1 heterocycles. The number of rotatable bonds is 6. The van der Waals surface area contributed by atoms with Crippen molar-refractivity contribution >= 4 is 16.7 Å². The van der Waals surface area contributed by atoms with E-state index in [-0.39, 0.29) is 17.2 Å². The Kier molecular flexibility index (Phi) is 5.80. The maximum absolute atomic E-state index is 12.9. The van der Waals surface area contributed by atoms with E-state index in [0.717, 1.165) is 5.56 Å². The second-order valence-corrected chi connectivity index (χ2v) is 7.15. The minimum atomic E-state index is -0.598. The van der Waals surface area contributed by atoms with Crippen LogP contribution in [-0.2, 0) is 0 Å². The molecule has 3 aromatic rings. The molecular formula is C22H24N2O4. The Morgan fingerprint density at radius 2 is 1.75 bits per heavy atom. The maximum Gasteiger partial charge on any atom is 0.343 e. The summed E-state index contributed by atoms with van der Waals surface area (Å²) in [4.78, 5) is 14.9. The van der Waals surface area contributed by atoms with E-state index in [1.807, 2.05) is 49.3 Å². The molecule has 146 valence electrons. The van der Waals surface area contributed by atoms with Gasteiger partial charge in [-0.2, -0.15) is 0 Å². The molecule has 1 aromatic heterocycles. The van der Waals surface area contributed by atoms with Crippen LogP contribution in [0.25, 0.3) is 11.0 Å². The van der Waals surface area contributed by atoms with E-state index in [1.165, 1.54) is 0 Å². The van der Waals surface area contributed by atoms with Gasteiger partial charge in [0, 0.05) is 18.4 Å². The minimum absolute atomic E-state index is 0.102. The summed E-state index contributed by atoms with van der Waals surface area (Å²) in [6.45, 7) is 2.23. The molecule has 0 bridgehead atoms. The molecule has 2 N–H and O–H groups in total. The van der Waals surface area contributed by atoms with Crippen LogP contribution in [0.15, 0.2) is 69.0 Å². The zero-order chi connectivity index (χ0) is 20.3. The molecule has 2 atom stereocenters. The number of para-hydroxylation sites is 1. The quantitative estimate of drug-likeness (QED) is 0.295. The maximum atomic E-state index is 12.9. The molecule has 6 heteroatoms. The fraction of sp³-hybridized carbons (Fsp3) is 0.273. The lowest BCUT2D eigenvalue weighted by Gasteiger charge is -2.29. The smallest absolute Gasteiger partial charge is 0.343 e. The molecule has 28 heavy (non-hydrogen) atoms. The van der Waals surface area contributed by atoms with Crippen LogP contribution in [0, 0.1) is 5.92 Å². The fourth-order valence-electron chi connectivity index (χ4n) is 3.63. The van der Waals surface area contributed by atoms with Crippen LogP contribution >= 0.6 is 0 Å². The molecule has 0 aliphatic rings. The lowest BCUT2D eigenvalue weighted by Crippen LogP contribution is -2.34. The van der Waals surface area contributed by atoms with Crippen molar-refractivity contribution in [2.24, 2.45) is 11.1 Å². The largest absolute Gasteiger partial charge is 0.507 e. The first kappa shape index (κ1) is 19.6. The van der Waals surface area contributed by atoms with Crippen molar-refractivity contribution in [1.82, 2.24) is 4.90 Å². The Morgan fingerprint density at radius 1 is 1.11 bits per heavy atom. The summed E-state index contributed by atoms with van der Waals surface area (Å²) in [5.74, 6) is -0.993. The predicted octanol–water partition coefficient (Wildman–Crippen LogP) is 3.66. The SMILES string of the molecule is C/C(=N/O)[C@@H](CN(C)C)[C@@H](c1ccccc1)c1c(O)c2ccccc2oc1=O. The normalized spacial score (nSPS) is 14.4. The van der Waals surface area contributed by atoms with E-state index < -0.39 is 11.5 Å². The first-order chi connectivity index (χ1) is 13.4. The van der Waals surface area contributed by atoms with Crippen LogP contribution in [0.2, 0.25) is 0 Å². The van der Waals surface area contributed by atoms with Crippen molar-refractivity contribution in [3.8, 4) is 5.75 Å². The Morgan fingerprint density at radius 3 is 2.39 bits per heavy atom. The molecule has 0 radical (unpaired) electrons. The van der Waals surface area contributed by atoms with Gasteiger partial charge in [-0.05, 0) is 38.7 Å². The van der Waals surface area contributed by atoms with E-state index in [9.17, 15) is 15.1 Å². The average Bonchev–Trinajstić information content (AvgIpc) is 2.69. The van der Waals surface area contributed by atoms with Gasteiger partial charge in [0.1, 0.15) is 11.3 Å². The Bertz CT molecular complexity index is 1040. The van der Waals surface area contributed by atoms with Crippen LogP contribution in [0.3, 0.4) is 0 Å². The average molecular weight is 380 g/mol. The van der Waals surface area contributed by atoms with Crippen molar-refractivity contribution in [1.29, 1.82) is 0 Å². The first-order valence-corrected chi connectivity index (χ1v) is 9.07. The molecule has 6 nitrogen and oxygen atoms in total. The molecular weight excluding hydrogens is 356 g/mol. The fourth-order valence-corrected chi connectivity index (χ4v) is 3.63. The summed E-state index contributed by atoms with van der Waals surface area (Å²) in [6, 6.07) is 16.3. The summed E-state index contributed by atoms with van der Waals surface area (Å²) >= 11 is 0. The molecule has 0 fully saturated rings. The summed E-state index contributed by atoms with van der Waals surface area (Å²) in [6.07, 6.45) is 0. The molecule has 0 aliphatic carbocycles. The molecule has 3 rings (SSSR count). The molecule has 2 aromatic carbocycles. The number of oxime groups is 1. The Balaban J connectivity index is 2.32. The number of hydrogen-bond donors (Lipinski definition) is 2. The van der Waals surface area contributed by atoms with E-state index >= 15 is 0 Å². The van der Waals surface area contributed by atoms with Gasteiger partial charge >= 0.3 is 5.63 Å². The molecule has 0 unspecified atom stereocenters. The van der Waals surface area contributed by atoms with Crippen LogP contribution in [0.5, 0.6) is 5.75 Å². The summed E-state index contributed by atoms with van der Waals surface area (Å²) in [5, 5.41) is 24.4. The highest BCUT2D eigenvalue weighted by molar-refractivity contribution is 5.87. The van der Waals surface area contributed by atoms with Crippen molar-refractivity contribution in [2.45, 2.75) is 12.8 Å². The van der Waals surface area contributed by atoms with E-state index in [1.54, 1.807) is 31.2 Å². The predicted molar refractivity (Wildman–Crippen MR) is 109 cm³/mol. The van der Waals surface area contributed by atoms with Crippen molar-refractivity contribution in [3.63, 3.8) is 0 Å². The zero-order valence-electron chi connectivity index (χ0n) is 16.2. The zero-order valence-corrected chi connectivity index (χ0v) is 16.2. The highest BCUT2D eigenvalue weighted by Gasteiger charge is 2.33. The van der Waals surface area contributed by atoms with Gasteiger partial charge in [0.15, 0.2) is 0 Å². The minimum Gasteiger partial charge on any atom is -0.507 e. The van der Waals surface area contributed by atoms with Crippen LogP contribution in [0.4, 0.5) is 0 Å². The third-order valence-electron chi connectivity index (χ3n) is 4.95. The molecule has 0 aliphatic heterocycles. The van der Waals surface area contributed by atoms with Crippen molar-refractivity contribution in [3.05, 3.63) is 76.1 Å². The van der Waals surface area contributed by atoms with Gasteiger partial charge in [0.2, 0.25) is 0 Å². The summed E-state index contributed by atoms with van der Waals surface area (Å²) in [5.41, 5.74) is 1.20. The third kappa shape index (κ3) is 3.77. The lowest BCUT2D eigenvalue weighted by molar-refractivity contribution is 0.301. The van der Waals surface area contributed by atoms with Gasteiger partial charge in [-0.1, -0.05) is 47.6 Å². The van der Waals surface area contributed by atoms with Gasteiger partial charge in [0.05, 0.1) is 16.7 Å². The van der Waals surface area contributed by atoms with Gasteiger partial charge in [-0.3, -0.25) is 0 Å². The van der Waals surface area contributed by atoms with Crippen LogP contribution < -0.4 is 5.63 Å². The molecule has 0 spiro atoms. The van der Waals surface area contributed by atoms with E-state index in [0.29, 0.717) is 23.2 Å². The summed E-state index contributed by atoms with van der Waals surface area (Å²) in [7, 11) is 3.81. The second kappa shape index (κ2) is 8.27. The van der Waals surface area contributed by atoms with Crippen LogP contribution in [0.1, 0.15) is 24.0 Å². The van der Waals surface area contributed by atoms with E-state index in [2.05, 4.69) is 5.16 Å². The second-order valence-electron chi connectivity index (χ2n) is 7.15. The van der Waals surface area contributed by atoms with Crippen molar-refractivity contribution < 1.29 is 14.7 Å². The van der Waals surface area contributed by atoms with Gasteiger partial charge in [0.25, 0.3) is 0 Å². The molecule has 0 saturated carbocycles. The summed E-state index contributed by atoms with van der Waals surface area (Å²) < 4.78 is 5.51. The number of benzene rings is 2. The third-order valence-corrected chi connectivity index (χ3v) is 4.95. The highest BCUT2D eigenvalue weighted by atomic mass is 16.4. The number of hydrogen-bond acceptors (Lipinski definition) is 6. The van der Waals surface area contributed by atoms with Gasteiger partial charge < -0.3 is 19.6 Å². The Labute approximate surface area is 163 Å². The number of nitrogens with zero attached hydrogens (tertiary/aromatic N) is 2. The van der Waals surface area contributed by atoms with Crippen LogP contribution in [-0.4, -0.2) is 41.6 Å². The monoisotopic (exact) mass is 380 g/mol. The Hall–Kier alpha value is -3.12. The van der Waals surface area contributed by atoms with E-state index in [4.69, 9.17) is 4.42 Å². The topological polar surface area (TPSA) is 86.3 Å². The number of aromatic hydroxyl groups is 1. The van der Waals surface area contributed by atoms with Crippen molar-refractivity contribution in [2.75, 3.05) is 20.6 Å². The lowest BCUT2D eigenvalue weighted by atomic mass is 9.78. The number of fused-ring (bicyclic) bond motifs is 1. The standard InChI is InChI=1S/C22H24N2O4/c1-14(23-27)17(13-24(2)3)19(15-9-5-4-6-10-15)20-21(25)16-11-7-8-12-18(16)28-22(20)26/h4-12,17,19,25,27H,13H2,1-3H3/b23-14-/t17-,19-/m1/s1. The van der Waals surface area contributed by atoms with Gasteiger partial charge in [-0.25, -0.2) is 4.79 Å². The molecule has 0 amide bonds. The highest BCUT2D eigenvalue weighted by Crippen LogP contribution is 2.39. The molecule has 0 saturated heterocycles. The van der Waals surface area contributed by atoms with Gasteiger partial charge in [-0.15, -0.1) is 0 Å².